The summed E-state index contributed by atoms with van der Waals surface area (Å²) in [5.41, 5.74) is 0.756. The average molecular weight is 305 g/mol. The van der Waals surface area contributed by atoms with Gasteiger partial charge in [-0.25, -0.2) is 9.37 Å². The van der Waals surface area contributed by atoms with Gasteiger partial charge in [-0.2, -0.15) is 0 Å². The molecule has 0 saturated carbocycles. The summed E-state index contributed by atoms with van der Waals surface area (Å²) in [6.07, 6.45) is -1.00. The minimum Gasteiger partial charge on any atom is -0.387 e. The van der Waals surface area contributed by atoms with E-state index >= 15 is 0 Å². The molecule has 7 heteroatoms. The highest BCUT2D eigenvalue weighted by Crippen LogP contribution is 2.12. The van der Waals surface area contributed by atoms with Crippen molar-refractivity contribution < 1.29 is 14.3 Å². The van der Waals surface area contributed by atoms with Crippen molar-refractivity contribution in [3.8, 4) is 0 Å². The van der Waals surface area contributed by atoms with Crippen LogP contribution in [0, 0.1) is 19.7 Å². The number of benzene rings is 1. The van der Waals surface area contributed by atoms with Crippen LogP contribution in [0.15, 0.2) is 29.1 Å². The zero-order chi connectivity index (χ0) is 16.3. The van der Waals surface area contributed by atoms with Crippen molar-refractivity contribution in [3.05, 3.63) is 63.1 Å². The molecule has 0 aliphatic carbocycles. The van der Waals surface area contributed by atoms with E-state index in [2.05, 4.69) is 15.3 Å². The monoisotopic (exact) mass is 305 g/mol. The van der Waals surface area contributed by atoms with Crippen molar-refractivity contribution in [1.82, 2.24) is 15.3 Å². The Morgan fingerprint density at radius 2 is 2.00 bits per heavy atom. The summed E-state index contributed by atoms with van der Waals surface area (Å²) in [6, 6.07) is 5.28. The molecule has 0 radical (unpaired) electrons. The van der Waals surface area contributed by atoms with Crippen LogP contribution in [0.4, 0.5) is 4.39 Å². The number of nitrogens with zero attached hydrogens (tertiary/aromatic N) is 1. The van der Waals surface area contributed by atoms with Gasteiger partial charge in [0.05, 0.1) is 11.8 Å². The number of nitrogens with one attached hydrogen (secondary N) is 2. The number of aryl methyl sites for hydroxylation is 2. The number of hydrogen-bond donors (Lipinski definition) is 3. The third kappa shape index (κ3) is 3.56. The van der Waals surface area contributed by atoms with Crippen LogP contribution in [0.2, 0.25) is 0 Å². The molecule has 1 unspecified atom stereocenters. The molecule has 0 saturated heterocycles. The van der Waals surface area contributed by atoms with Crippen LogP contribution in [0.5, 0.6) is 0 Å². The standard InChI is InChI=1S/C15H16FN3O3/c1-8-9(2)19-15(22)13(18-8)14(21)17-7-12(20)10-3-5-11(16)6-4-10/h3-6,12,20H,7H2,1-2H3,(H,17,21)(H,19,22). The van der Waals surface area contributed by atoms with E-state index in [1.165, 1.54) is 24.3 Å². The Morgan fingerprint density at radius 1 is 1.36 bits per heavy atom. The molecule has 0 aliphatic rings. The van der Waals surface area contributed by atoms with E-state index in [0.717, 1.165) is 0 Å². The molecule has 22 heavy (non-hydrogen) atoms. The Hall–Kier alpha value is -2.54. The Morgan fingerprint density at radius 3 is 2.64 bits per heavy atom. The highest BCUT2D eigenvalue weighted by Gasteiger charge is 2.16. The van der Waals surface area contributed by atoms with Crippen LogP contribution in [-0.4, -0.2) is 27.5 Å². The van der Waals surface area contributed by atoms with Crippen LogP contribution in [-0.2, 0) is 0 Å². The number of aromatic nitrogens is 2. The van der Waals surface area contributed by atoms with Gasteiger partial charge in [-0.05, 0) is 31.5 Å². The number of carbonyl (C=O) groups is 1. The molecule has 0 bridgehead atoms. The SMILES string of the molecule is Cc1nc(C(=O)NCC(O)c2ccc(F)cc2)c(=O)[nH]c1C. The lowest BCUT2D eigenvalue weighted by Crippen LogP contribution is -2.34. The minimum absolute atomic E-state index is 0.113. The quantitative estimate of drug-likeness (QED) is 0.785. The molecule has 1 atom stereocenters. The lowest BCUT2D eigenvalue weighted by Gasteiger charge is -2.12. The second-order valence-corrected chi connectivity index (χ2v) is 4.90. The van der Waals surface area contributed by atoms with Crippen molar-refractivity contribution in [1.29, 1.82) is 0 Å². The van der Waals surface area contributed by atoms with Crippen molar-refractivity contribution in [2.24, 2.45) is 0 Å². The number of hydrogen-bond acceptors (Lipinski definition) is 4. The number of aromatic amines is 1. The normalized spacial score (nSPS) is 12.0. The molecule has 2 rings (SSSR count). The van der Waals surface area contributed by atoms with Crippen LogP contribution >= 0.6 is 0 Å². The maximum Gasteiger partial charge on any atom is 0.279 e. The predicted molar refractivity (Wildman–Crippen MR) is 78.0 cm³/mol. The molecule has 0 fully saturated rings. The Kier molecular flexibility index (Phi) is 4.67. The van der Waals surface area contributed by atoms with Crippen molar-refractivity contribution in [2.45, 2.75) is 20.0 Å². The van der Waals surface area contributed by atoms with Gasteiger partial charge in [-0.1, -0.05) is 12.1 Å². The average Bonchev–Trinajstić information content (AvgIpc) is 2.49. The van der Waals surface area contributed by atoms with E-state index in [9.17, 15) is 19.1 Å². The largest absolute Gasteiger partial charge is 0.387 e. The topological polar surface area (TPSA) is 95.1 Å². The lowest BCUT2D eigenvalue weighted by atomic mass is 10.1. The molecule has 6 nitrogen and oxygen atoms in total. The van der Waals surface area contributed by atoms with Gasteiger partial charge in [-0.15, -0.1) is 0 Å². The first-order valence-corrected chi connectivity index (χ1v) is 6.67. The summed E-state index contributed by atoms with van der Waals surface area (Å²) in [4.78, 5) is 30.1. The number of halogens is 1. The fourth-order valence-corrected chi connectivity index (χ4v) is 1.85. The van der Waals surface area contributed by atoms with E-state index < -0.39 is 23.4 Å². The molecule has 0 aliphatic heterocycles. The summed E-state index contributed by atoms with van der Waals surface area (Å²) in [7, 11) is 0. The maximum absolute atomic E-state index is 12.8. The van der Waals surface area contributed by atoms with E-state index in [4.69, 9.17) is 0 Å². The van der Waals surface area contributed by atoms with Crippen LogP contribution in [0.1, 0.15) is 33.5 Å². The van der Waals surface area contributed by atoms with Gasteiger partial charge in [0.1, 0.15) is 5.82 Å². The van der Waals surface area contributed by atoms with E-state index in [0.29, 0.717) is 17.0 Å². The van der Waals surface area contributed by atoms with Gasteiger partial charge in [0.15, 0.2) is 5.69 Å². The maximum atomic E-state index is 12.8. The molecule has 2 aromatic rings. The van der Waals surface area contributed by atoms with Crippen LogP contribution in [0.3, 0.4) is 0 Å². The molecule has 0 spiro atoms. The summed E-state index contributed by atoms with van der Waals surface area (Å²) in [5, 5.41) is 12.4. The van der Waals surface area contributed by atoms with Gasteiger partial charge in [0, 0.05) is 12.2 Å². The summed E-state index contributed by atoms with van der Waals surface area (Å²) < 4.78 is 12.8. The van der Waals surface area contributed by atoms with Crippen molar-refractivity contribution in [3.63, 3.8) is 0 Å². The third-order valence-electron chi connectivity index (χ3n) is 3.26. The van der Waals surface area contributed by atoms with Crippen molar-refractivity contribution >= 4 is 5.91 Å². The predicted octanol–water partition coefficient (Wildman–Crippen LogP) is 0.989. The molecule has 3 N–H and O–H groups in total. The highest BCUT2D eigenvalue weighted by atomic mass is 19.1. The first-order valence-electron chi connectivity index (χ1n) is 6.67. The minimum atomic E-state index is -1.00. The van der Waals surface area contributed by atoms with Gasteiger partial charge in [0.2, 0.25) is 0 Å². The second kappa shape index (κ2) is 6.48. The molecule has 1 amide bonds. The summed E-state index contributed by atoms with van der Waals surface area (Å²) in [5.74, 6) is -1.09. The number of aliphatic hydroxyl groups is 1. The Labute approximate surface area is 126 Å². The number of H-pyrrole nitrogens is 1. The van der Waals surface area contributed by atoms with Gasteiger partial charge >= 0.3 is 0 Å². The van der Waals surface area contributed by atoms with E-state index in [1.807, 2.05) is 0 Å². The molecular formula is C15H16FN3O3. The number of amides is 1. The third-order valence-corrected chi connectivity index (χ3v) is 3.26. The zero-order valence-electron chi connectivity index (χ0n) is 12.2. The Balaban J connectivity index is 2.05. The van der Waals surface area contributed by atoms with Crippen LogP contribution in [0.25, 0.3) is 0 Å². The summed E-state index contributed by atoms with van der Waals surface area (Å²) >= 11 is 0. The van der Waals surface area contributed by atoms with E-state index in [1.54, 1.807) is 13.8 Å². The molecule has 1 heterocycles. The van der Waals surface area contributed by atoms with Gasteiger partial charge < -0.3 is 15.4 Å². The highest BCUT2D eigenvalue weighted by molar-refractivity contribution is 5.91. The van der Waals surface area contributed by atoms with E-state index in [-0.39, 0.29) is 12.2 Å². The van der Waals surface area contributed by atoms with Gasteiger partial charge in [0.25, 0.3) is 11.5 Å². The molecular weight excluding hydrogens is 289 g/mol. The Bertz CT molecular complexity index is 741. The zero-order valence-corrected chi connectivity index (χ0v) is 12.2. The fraction of sp³-hybridized carbons (Fsp3) is 0.267. The van der Waals surface area contributed by atoms with Crippen LogP contribution < -0.4 is 10.9 Å². The number of aliphatic hydroxyl groups excluding tert-OH is 1. The smallest absolute Gasteiger partial charge is 0.279 e. The number of rotatable bonds is 4. The first kappa shape index (κ1) is 15.8. The van der Waals surface area contributed by atoms with Gasteiger partial charge in [-0.3, -0.25) is 9.59 Å². The fourth-order valence-electron chi connectivity index (χ4n) is 1.85. The molecule has 116 valence electrons. The second-order valence-electron chi connectivity index (χ2n) is 4.90. The lowest BCUT2D eigenvalue weighted by molar-refractivity contribution is 0.0909. The molecule has 1 aromatic carbocycles. The summed E-state index contributed by atoms with van der Waals surface area (Å²) in [6.45, 7) is 3.25. The number of carbonyl (C=O) groups excluding carboxylic acids is 1. The van der Waals surface area contributed by atoms with Crippen molar-refractivity contribution in [2.75, 3.05) is 6.54 Å². The first-order chi connectivity index (χ1) is 10.4. The molecule has 1 aromatic heterocycles.